The van der Waals surface area contributed by atoms with Crippen molar-refractivity contribution in [2.24, 2.45) is 5.41 Å². The van der Waals surface area contributed by atoms with Crippen molar-refractivity contribution in [3.8, 4) is 11.5 Å². The van der Waals surface area contributed by atoms with Crippen molar-refractivity contribution in [1.82, 2.24) is 4.90 Å². The minimum absolute atomic E-state index is 0.300. The van der Waals surface area contributed by atoms with E-state index in [1.54, 1.807) is 38.1 Å². The average molecular weight is 454 g/mol. The SMILES string of the molecule is CN1CC(C)([C@@](O)(c2ccc(OC(F)(F)F)cc2)c2cccc(OCCC(C)(C)O)c2)C1. The van der Waals surface area contributed by atoms with Gasteiger partial charge in [0, 0.05) is 24.9 Å². The molecule has 8 heteroatoms. The van der Waals surface area contributed by atoms with E-state index in [4.69, 9.17) is 4.74 Å². The molecule has 2 aromatic carbocycles. The van der Waals surface area contributed by atoms with Gasteiger partial charge in [-0.15, -0.1) is 13.2 Å². The molecule has 1 heterocycles. The smallest absolute Gasteiger partial charge is 0.493 e. The Labute approximate surface area is 186 Å². The van der Waals surface area contributed by atoms with Gasteiger partial charge >= 0.3 is 6.36 Å². The highest BCUT2D eigenvalue weighted by molar-refractivity contribution is 5.44. The molecule has 1 fully saturated rings. The van der Waals surface area contributed by atoms with Crippen LogP contribution in [0.25, 0.3) is 0 Å². The topological polar surface area (TPSA) is 62.2 Å². The Morgan fingerprint density at radius 3 is 2.12 bits per heavy atom. The molecule has 3 rings (SSSR count). The van der Waals surface area contributed by atoms with E-state index in [0.29, 0.717) is 43.0 Å². The highest BCUT2D eigenvalue weighted by Crippen LogP contribution is 2.50. The van der Waals surface area contributed by atoms with Crippen LogP contribution in [-0.4, -0.2) is 53.8 Å². The van der Waals surface area contributed by atoms with Crippen molar-refractivity contribution in [2.75, 3.05) is 26.7 Å². The minimum Gasteiger partial charge on any atom is -0.493 e. The van der Waals surface area contributed by atoms with E-state index in [1.165, 1.54) is 24.3 Å². The minimum atomic E-state index is -4.78. The summed E-state index contributed by atoms with van der Waals surface area (Å²) in [5, 5.41) is 22.0. The molecule has 0 unspecified atom stereocenters. The third-order valence-electron chi connectivity index (χ3n) is 5.85. The van der Waals surface area contributed by atoms with Gasteiger partial charge in [0.05, 0.1) is 12.2 Å². The third kappa shape index (κ3) is 5.36. The van der Waals surface area contributed by atoms with E-state index in [-0.39, 0.29) is 5.75 Å². The highest BCUT2D eigenvalue weighted by atomic mass is 19.4. The standard InChI is InChI=1S/C24H30F3NO4/c1-21(2,29)12-13-31-20-7-5-6-18(14-20)23(30,22(3)15-28(4)16-22)17-8-10-19(11-9-17)32-24(25,26)27/h5-11,14,29-30H,12-13,15-16H2,1-4H3/t23-/m1/s1. The van der Waals surface area contributed by atoms with Crippen LogP contribution in [0.2, 0.25) is 0 Å². The molecule has 2 N–H and O–H groups in total. The Hall–Kier alpha value is -2.29. The number of likely N-dealkylation sites (tertiary alicyclic amines) is 1. The van der Waals surface area contributed by atoms with Crippen molar-refractivity contribution in [2.45, 2.75) is 44.8 Å². The van der Waals surface area contributed by atoms with Gasteiger partial charge in [0.15, 0.2) is 0 Å². The number of rotatable bonds is 8. The number of aliphatic hydroxyl groups is 2. The number of hydrogen-bond acceptors (Lipinski definition) is 5. The molecule has 1 aliphatic rings. The van der Waals surface area contributed by atoms with E-state index in [1.807, 2.05) is 14.0 Å². The molecular weight excluding hydrogens is 423 g/mol. The molecule has 0 aliphatic carbocycles. The summed E-state index contributed by atoms with van der Waals surface area (Å²) in [4.78, 5) is 2.07. The predicted molar refractivity (Wildman–Crippen MR) is 115 cm³/mol. The van der Waals surface area contributed by atoms with E-state index in [9.17, 15) is 23.4 Å². The number of halogens is 3. The van der Waals surface area contributed by atoms with Gasteiger partial charge in [-0.25, -0.2) is 0 Å². The van der Waals surface area contributed by atoms with Crippen LogP contribution in [0.15, 0.2) is 48.5 Å². The summed E-state index contributed by atoms with van der Waals surface area (Å²) < 4.78 is 47.4. The lowest BCUT2D eigenvalue weighted by molar-refractivity contribution is -0.274. The van der Waals surface area contributed by atoms with Crippen LogP contribution in [-0.2, 0) is 5.60 Å². The summed E-state index contributed by atoms with van der Waals surface area (Å²) in [6.45, 7) is 6.86. The first kappa shape index (κ1) is 24.4. The summed E-state index contributed by atoms with van der Waals surface area (Å²) in [6.07, 6.45) is -4.35. The van der Waals surface area contributed by atoms with Crippen LogP contribution in [0.3, 0.4) is 0 Å². The van der Waals surface area contributed by atoms with Gasteiger partial charge < -0.3 is 24.6 Å². The first-order valence-corrected chi connectivity index (χ1v) is 10.4. The normalized spacial score (nSPS) is 18.5. The summed E-state index contributed by atoms with van der Waals surface area (Å²) in [5.41, 5.74) is -1.84. The van der Waals surface area contributed by atoms with Crippen LogP contribution < -0.4 is 9.47 Å². The zero-order valence-electron chi connectivity index (χ0n) is 18.7. The fourth-order valence-corrected chi connectivity index (χ4v) is 4.36. The Balaban J connectivity index is 1.94. The molecule has 1 atom stereocenters. The first-order valence-electron chi connectivity index (χ1n) is 10.4. The zero-order valence-corrected chi connectivity index (χ0v) is 18.7. The Bertz CT molecular complexity index is 918. The molecular formula is C24H30F3NO4. The van der Waals surface area contributed by atoms with E-state index >= 15 is 0 Å². The van der Waals surface area contributed by atoms with Crippen LogP contribution in [0.1, 0.15) is 38.3 Å². The summed E-state index contributed by atoms with van der Waals surface area (Å²) in [6, 6.07) is 12.4. The van der Waals surface area contributed by atoms with Crippen LogP contribution in [0, 0.1) is 5.41 Å². The number of nitrogens with zero attached hydrogens (tertiary/aromatic N) is 1. The molecule has 1 aliphatic heterocycles. The molecule has 32 heavy (non-hydrogen) atoms. The molecule has 176 valence electrons. The second-order valence-corrected chi connectivity index (χ2v) is 9.45. The highest BCUT2D eigenvalue weighted by Gasteiger charge is 2.55. The molecule has 0 aromatic heterocycles. The number of benzene rings is 2. The fraction of sp³-hybridized carbons (Fsp3) is 0.500. The van der Waals surface area contributed by atoms with Gasteiger partial charge in [-0.1, -0.05) is 31.2 Å². The van der Waals surface area contributed by atoms with Gasteiger partial charge in [0.1, 0.15) is 17.1 Å². The quantitative estimate of drug-likeness (QED) is 0.624. The Kier molecular flexibility index (Phi) is 6.52. The van der Waals surface area contributed by atoms with Crippen LogP contribution in [0.5, 0.6) is 11.5 Å². The van der Waals surface area contributed by atoms with Crippen molar-refractivity contribution in [3.63, 3.8) is 0 Å². The van der Waals surface area contributed by atoms with Crippen molar-refractivity contribution < 1.29 is 32.9 Å². The molecule has 0 bridgehead atoms. The first-order chi connectivity index (χ1) is 14.7. The maximum Gasteiger partial charge on any atom is 0.573 e. The number of hydrogen-bond donors (Lipinski definition) is 2. The van der Waals surface area contributed by atoms with E-state index < -0.39 is 23.0 Å². The van der Waals surface area contributed by atoms with E-state index in [2.05, 4.69) is 9.64 Å². The molecule has 2 aromatic rings. The molecule has 5 nitrogen and oxygen atoms in total. The van der Waals surface area contributed by atoms with Gasteiger partial charge in [0.2, 0.25) is 0 Å². The molecule has 0 spiro atoms. The molecule has 0 radical (unpaired) electrons. The van der Waals surface area contributed by atoms with Gasteiger partial charge in [-0.2, -0.15) is 0 Å². The van der Waals surface area contributed by atoms with Crippen molar-refractivity contribution in [1.29, 1.82) is 0 Å². The molecule has 1 saturated heterocycles. The van der Waals surface area contributed by atoms with Crippen LogP contribution >= 0.6 is 0 Å². The van der Waals surface area contributed by atoms with Crippen molar-refractivity contribution in [3.05, 3.63) is 59.7 Å². The Morgan fingerprint density at radius 1 is 0.969 bits per heavy atom. The maximum atomic E-state index is 12.6. The Morgan fingerprint density at radius 2 is 1.59 bits per heavy atom. The number of alkyl halides is 3. The number of ether oxygens (including phenoxy) is 2. The fourth-order valence-electron chi connectivity index (χ4n) is 4.36. The second kappa shape index (κ2) is 8.57. The second-order valence-electron chi connectivity index (χ2n) is 9.45. The molecule has 0 amide bonds. The lowest BCUT2D eigenvalue weighted by Crippen LogP contribution is -2.63. The van der Waals surface area contributed by atoms with E-state index in [0.717, 1.165) is 0 Å². The monoisotopic (exact) mass is 453 g/mol. The zero-order chi connectivity index (χ0) is 23.8. The van der Waals surface area contributed by atoms with Gasteiger partial charge in [-0.3, -0.25) is 0 Å². The third-order valence-corrected chi connectivity index (χ3v) is 5.85. The lowest BCUT2D eigenvalue weighted by atomic mass is 9.62. The van der Waals surface area contributed by atoms with Gasteiger partial charge in [-0.05, 0) is 56.3 Å². The van der Waals surface area contributed by atoms with Crippen molar-refractivity contribution >= 4 is 0 Å². The predicted octanol–water partition coefficient (Wildman–Crippen LogP) is 4.31. The maximum absolute atomic E-state index is 12.6. The summed E-state index contributed by atoms with van der Waals surface area (Å²) >= 11 is 0. The molecule has 0 saturated carbocycles. The summed E-state index contributed by atoms with van der Waals surface area (Å²) in [7, 11) is 1.94. The average Bonchev–Trinajstić information content (AvgIpc) is 2.65. The summed E-state index contributed by atoms with van der Waals surface area (Å²) in [5.74, 6) is 0.196. The van der Waals surface area contributed by atoms with Crippen LogP contribution in [0.4, 0.5) is 13.2 Å². The van der Waals surface area contributed by atoms with Gasteiger partial charge in [0.25, 0.3) is 0 Å². The lowest BCUT2D eigenvalue weighted by Gasteiger charge is -2.56. The largest absolute Gasteiger partial charge is 0.573 e.